The lowest BCUT2D eigenvalue weighted by Gasteiger charge is -2.20. The molecule has 0 saturated heterocycles. The lowest BCUT2D eigenvalue weighted by Crippen LogP contribution is -2.28. The Kier molecular flexibility index (Phi) is 7.15. The highest BCUT2D eigenvalue weighted by Gasteiger charge is 2.36. The summed E-state index contributed by atoms with van der Waals surface area (Å²) in [7, 11) is 0. The van der Waals surface area contributed by atoms with Crippen molar-refractivity contribution in [1.29, 1.82) is 0 Å². The average molecular weight is 539 g/mol. The van der Waals surface area contributed by atoms with Crippen molar-refractivity contribution in [1.82, 2.24) is 19.9 Å². The van der Waals surface area contributed by atoms with Crippen molar-refractivity contribution in [3.63, 3.8) is 0 Å². The number of nitrogens with zero attached hydrogens (tertiary/aromatic N) is 4. The zero-order chi connectivity index (χ0) is 25.1. The second-order valence-electron chi connectivity index (χ2n) is 7.81. The molecule has 0 aromatic carbocycles. The molecule has 34 heavy (non-hydrogen) atoms. The summed E-state index contributed by atoms with van der Waals surface area (Å²) in [5.41, 5.74) is -0.846. The van der Waals surface area contributed by atoms with Crippen molar-refractivity contribution in [3.8, 4) is 11.3 Å². The van der Waals surface area contributed by atoms with Crippen LogP contribution in [-0.4, -0.2) is 37.5 Å². The van der Waals surface area contributed by atoms with Gasteiger partial charge < -0.3 is 10.1 Å². The highest BCUT2D eigenvalue weighted by molar-refractivity contribution is 9.10. The SMILES string of the molecule is CC(C)(C)OC(=O)Nc1cc(-c2ccncc2NC(=O)c2cccc(Br)n2)nc(C(F)(F)F)n1. The number of alkyl halides is 3. The molecule has 0 bridgehead atoms. The van der Waals surface area contributed by atoms with E-state index in [1.54, 1.807) is 32.9 Å². The third-order valence-electron chi connectivity index (χ3n) is 3.90. The average Bonchev–Trinajstić information content (AvgIpc) is 2.72. The minimum atomic E-state index is -4.91. The summed E-state index contributed by atoms with van der Waals surface area (Å²) in [5, 5.41) is 4.75. The van der Waals surface area contributed by atoms with Crippen LogP contribution < -0.4 is 10.6 Å². The maximum Gasteiger partial charge on any atom is 0.451 e. The Morgan fingerprint density at radius 1 is 1.03 bits per heavy atom. The molecular formula is C21H18BrF3N6O3. The van der Waals surface area contributed by atoms with Crippen LogP contribution in [-0.2, 0) is 10.9 Å². The molecule has 0 radical (unpaired) electrons. The molecule has 2 N–H and O–H groups in total. The molecular weight excluding hydrogens is 521 g/mol. The number of rotatable bonds is 4. The zero-order valence-corrected chi connectivity index (χ0v) is 19.7. The molecule has 3 heterocycles. The molecule has 3 aromatic heterocycles. The molecule has 0 aliphatic rings. The molecule has 178 valence electrons. The minimum Gasteiger partial charge on any atom is -0.444 e. The molecule has 0 aliphatic heterocycles. The predicted octanol–water partition coefficient (Wildman–Crippen LogP) is 5.31. The Morgan fingerprint density at radius 2 is 1.76 bits per heavy atom. The number of hydrogen-bond donors (Lipinski definition) is 2. The molecule has 0 unspecified atom stereocenters. The number of hydrogen-bond acceptors (Lipinski definition) is 7. The van der Waals surface area contributed by atoms with E-state index >= 15 is 0 Å². The fourth-order valence-corrected chi connectivity index (χ4v) is 2.97. The molecule has 2 amide bonds. The molecule has 0 spiro atoms. The van der Waals surface area contributed by atoms with E-state index in [1.165, 1.54) is 24.5 Å². The van der Waals surface area contributed by atoms with Gasteiger partial charge in [0.1, 0.15) is 21.7 Å². The van der Waals surface area contributed by atoms with Gasteiger partial charge >= 0.3 is 12.3 Å². The number of carbonyl (C=O) groups is 2. The van der Waals surface area contributed by atoms with Crippen LogP contribution in [0.1, 0.15) is 37.1 Å². The van der Waals surface area contributed by atoms with Gasteiger partial charge in [-0.15, -0.1) is 0 Å². The van der Waals surface area contributed by atoms with Crippen LogP contribution in [0, 0.1) is 0 Å². The maximum absolute atomic E-state index is 13.5. The Hall–Kier alpha value is -3.61. The largest absolute Gasteiger partial charge is 0.451 e. The number of nitrogens with one attached hydrogen (secondary N) is 2. The van der Waals surface area contributed by atoms with Crippen molar-refractivity contribution in [2.45, 2.75) is 32.5 Å². The van der Waals surface area contributed by atoms with Gasteiger partial charge in [-0.3, -0.25) is 15.1 Å². The smallest absolute Gasteiger partial charge is 0.444 e. The number of halogens is 4. The molecule has 0 atom stereocenters. The second kappa shape index (κ2) is 9.71. The van der Waals surface area contributed by atoms with Gasteiger partial charge in [-0.25, -0.2) is 19.7 Å². The van der Waals surface area contributed by atoms with Crippen LogP contribution in [0.3, 0.4) is 0 Å². The molecule has 9 nitrogen and oxygen atoms in total. The number of amides is 2. The van der Waals surface area contributed by atoms with Crippen LogP contribution in [0.15, 0.2) is 47.3 Å². The normalized spacial score (nSPS) is 11.6. The third-order valence-corrected chi connectivity index (χ3v) is 4.34. The number of anilines is 2. The summed E-state index contributed by atoms with van der Waals surface area (Å²) in [6.45, 7) is 4.81. The molecule has 13 heteroatoms. The van der Waals surface area contributed by atoms with Crippen LogP contribution in [0.5, 0.6) is 0 Å². The summed E-state index contributed by atoms with van der Waals surface area (Å²) in [4.78, 5) is 39.6. The third kappa shape index (κ3) is 6.70. The van der Waals surface area contributed by atoms with E-state index in [0.717, 1.165) is 6.07 Å². The standard InChI is InChI=1S/C21H18BrF3N6O3/c1-20(2,3)34-19(33)31-16-9-13(29-18(30-16)21(23,24)25)11-7-8-26-10-14(11)28-17(32)12-5-4-6-15(22)27-12/h4-10H,1-3H3,(H,28,32)(H,29,30,31,33). The Labute approximate surface area is 200 Å². The lowest BCUT2D eigenvalue weighted by molar-refractivity contribution is -0.144. The van der Waals surface area contributed by atoms with Crippen LogP contribution in [0.4, 0.5) is 29.5 Å². The van der Waals surface area contributed by atoms with Gasteiger partial charge in [0.05, 0.1) is 17.6 Å². The quantitative estimate of drug-likeness (QED) is 0.431. The van der Waals surface area contributed by atoms with E-state index in [9.17, 15) is 22.8 Å². The Bertz CT molecular complexity index is 1230. The van der Waals surface area contributed by atoms with Crippen molar-refractivity contribution in [2.24, 2.45) is 0 Å². The van der Waals surface area contributed by atoms with Crippen molar-refractivity contribution < 1.29 is 27.5 Å². The van der Waals surface area contributed by atoms with Gasteiger partial charge in [0.15, 0.2) is 0 Å². The van der Waals surface area contributed by atoms with E-state index in [1.807, 2.05) is 0 Å². The summed E-state index contributed by atoms with van der Waals surface area (Å²) in [6, 6.07) is 7.19. The molecule has 3 rings (SSSR count). The molecule has 0 fully saturated rings. The number of carbonyl (C=O) groups excluding carboxylic acids is 2. The summed E-state index contributed by atoms with van der Waals surface area (Å²) in [5.74, 6) is -2.54. The van der Waals surface area contributed by atoms with E-state index in [2.05, 4.69) is 46.5 Å². The fraction of sp³-hybridized carbons (Fsp3) is 0.238. The van der Waals surface area contributed by atoms with Gasteiger partial charge in [0.2, 0.25) is 5.82 Å². The van der Waals surface area contributed by atoms with Gasteiger partial charge in [0.25, 0.3) is 5.91 Å². The lowest BCUT2D eigenvalue weighted by atomic mass is 10.1. The molecule has 0 saturated carbocycles. The number of ether oxygens (including phenoxy) is 1. The van der Waals surface area contributed by atoms with Crippen molar-refractivity contribution >= 4 is 39.4 Å². The van der Waals surface area contributed by atoms with Gasteiger partial charge in [-0.05, 0) is 54.9 Å². The van der Waals surface area contributed by atoms with E-state index in [0.29, 0.717) is 4.60 Å². The summed E-state index contributed by atoms with van der Waals surface area (Å²) >= 11 is 3.17. The topological polar surface area (TPSA) is 119 Å². The fourth-order valence-electron chi connectivity index (χ4n) is 2.62. The van der Waals surface area contributed by atoms with E-state index in [-0.39, 0.29) is 22.6 Å². The van der Waals surface area contributed by atoms with Gasteiger partial charge in [-0.2, -0.15) is 13.2 Å². The maximum atomic E-state index is 13.5. The summed E-state index contributed by atoms with van der Waals surface area (Å²) < 4.78 is 45.9. The zero-order valence-electron chi connectivity index (χ0n) is 18.1. The van der Waals surface area contributed by atoms with Crippen LogP contribution in [0.25, 0.3) is 11.3 Å². The first-order valence-corrected chi connectivity index (χ1v) is 10.5. The molecule has 0 aliphatic carbocycles. The van der Waals surface area contributed by atoms with Crippen molar-refractivity contribution in [2.75, 3.05) is 10.6 Å². The summed E-state index contributed by atoms with van der Waals surface area (Å²) in [6.07, 6.45) is -3.33. The number of aromatic nitrogens is 4. The van der Waals surface area contributed by atoms with Crippen LogP contribution >= 0.6 is 15.9 Å². The monoisotopic (exact) mass is 538 g/mol. The van der Waals surface area contributed by atoms with E-state index in [4.69, 9.17) is 4.74 Å². The predicted molar refractivity (Wildman–Crippen MR) is 120 cm³/mol. The van der Waals surface area contributed by atoms with Gasteiger partial charge in [-0.1, -0.05) is 6.07 Å². The highest BCUT2D eigenvalue weighted by atomic mass is 79.9. The first kappa shape index (κ1) is 25.0. The van der Waals surface area contributed by atoms with E-state index < -0.39 is 35.4 Å². The second-order valence-corrected chi connectivity index (χ2v) is 8.62. The van der Waals surface area contributed by atoms with Gasteiger partial charge in [0, 0.05) is 17.8 Å². The van der Waals surface area contributed by atoms with Crippen molar-refractivity contribution in [3.05, 3.63) is 58.8 Å². The Morgan fingerprint density at radius 3 is 2.41 bits per heavy atom. The molecule has 3 aromatic rings. The first-order valence-electron chi connectivity index (χ1n) is 9.66. The Balaban J connectivity index is 2.00. The van der Waals surface area contributed by atoms with Crippen LogP contribution in [0.2, 0.25) is 0 Å². The highest BCUT2D eigenvalue weighted by Crippen LogP contribution is 2.32. The minimum absolute atomic E-state index is 0.0649. The number of pyridine rings is 2. The first-order chi connectivity index (χ1) is 15.8.